The summed E-state index contributed by atoms with van der Waals surface area (Å²) in [6.45, 7) is 1.96. The minimum absolute atomic E-state index is 0.212. The van der Waals surface area contributed by atoms with Gasteiger partial charge in [-0.2, -0.15) is 0 Å². The van der Waals surface area contributed by atoms with Crippen LogP contribution in [-0.2, 0) is 6.42 Å². The van der Waals surface area contributed by atoms with Gasteiger partial charge in [0.1, 0.15) is 5.52 Å². The van der Waals surface area contributed by atoms with Crippen LogP contribution in [0.3, 0.4) is 0 Å². The monoisotopic (exact) mass is 308 g/mol. The van der Waals surface area contributed by atoms with Crippen LogP contribution in [0.2, 0.25) is 4.47 Å². The van der Waals surface area contributed by atoms with Gasteiger partial charge in [0.15, 0.2) is 11.5 Å². The van der Waals surface area contributed by atoms with Crippen molar-refractivity contribution >= 4 is 45.6 Å². The lowest BCUT2D eigenvalue weighted by molar-refractivity contribution is 0.102. The number of aromatic nitrogens is 3. The zero-order chi connectivity index (χ0) is 14.1. The van der Waals surface area contributed by atoms with Crippen LogP contribution in [0.1, 0.15) is 22.6 Å². The van der Waals surface area contributed by atoms with Gasteiger partial charge in [-0.25, -0.2) is 4.98 Å². The summed E-state index contributed by atoms with van der Waals surface area (Å²) in [5, 5.41) is 10.2. The van der Waals surface area contributed by atoms with Gasteiger partial charge in [0.2, 0.25) is 9.47 Å². The standard InChI is InChI=1S/C12H9ClN4O2S/c1-2-9-15-7-5-6(3-4-8(7)19-9)14-10(18)11-16-17-12(13)20-11/h3-5H,2H2,1H3,(H,14,18). The summed E-state index contributed by atoms with van der Waals surface area (Å²) in [4.78, 5) is 16.2. The molecule has 2 aromatic heterocycles. The van der Waals surface area contributed by atoms with Gasteiger partial charge >= 0.3 is 0 Å². The Morgan fingerprint density at radius 3 is 3.00 bits per heavy atom. The van der Waals surface area contributed by atoms with Crippen LogP contribution in [0.25, 0.3) is 11.1 Å². The molecule has 0 aliphatic heterocycles. The second kappa shape index (κ2) is 5.18. The van der Waals surface area contributed by atoms with E-state index in [2.05, 4.69) is 20.5 Å². The number of anilines is 1. The van der Waals surface area contributed by atoms with Gasteiger partial charge in [-0.05, 0) is 29.8 Å². The maximum atomic E-state index is 11.9. The van der Waals surface area contributed by atoms with E-state index >= 15 is 0 Å². The van der Waals surface area contributed by atoms with E-state index in [1.807, 2.05) is 6.92 Å². The van der Waals surface area contributed by atoms with Crippen molar-refractivity contribution in [3.63, 3.8) is 0 Å². The lowest BCUT2D eigenvalue weighted by Gasteiger charge is -2.01. The number of benzene rings is 1. The number of nitrogens with zero attached hydrogens (tertiary/aromatic N) is 3. The van der Waals surface area contributed by atoms with Crippen LogP contribution >= 0.6 is 22.9 Å². The number of carbonyl (C=O) groups is 1. The normalized spacial score (nSPS) is 10.9. The molecule has 20 heavy (non-hydrogen) atoms. The summed E-state index contributed by atoms with van der Waals surface area (Å²) in [6, 6.07) is 5.26. The van der Waals surface area contributed by atoms with Crippen molar-refractivity contribution in [1.29, 1.82) is 0 Å². The molecule has 102 valence electrons. The van der Waals surface area contributed by atoms with E-state index in [1.54, 1.807) is 18.2 Å². The lowest BCUT2D eigenvalue weighted by Crippen LogP contribution is -2.11. The Hall–Kier alpha value is -1.99. The number of aryl methyl sites for hydroxylation is 1. The van der Waals surface area contributed by atoms with Gasteiger partial charge in [-0.15, -0.1) is 10.2 Å². The predicted molar refractivity (Wildman–Crippen MR) is 76.3 cm³/mol. The summed E-state index contributed by atoms with van der Waals surface area (Å²) in [5.41, 5.74) is 2.01. The van der Waals surface area contributed by atoms with Crippen LogP contribution in [0.5, 0.6) is 0 Å². The van der Waals surface area contributed by atoms with E-state index in [1.165, 1.54) is 0 Å². The fourth-order valence-electron chi connectivity index (χ4n) is 1.69. The maximum Gasteiger partial charge on any atom is 0.286 e. The number of fused-ring (bicyclic) bond motifs is 1. The average Bonchev–Trinajstić information content (AvgIpc) is 3.03. The van der Waals surface area contributed by atoms with Crippen molar-refractivity contribution in [2.24, 2.45) is 0 Å². The molecule has 0 fully saturated rings. The van der Waals surface area contributed by atoms with E-state index in [9.17, 15) is 4.79 Å². The number of hydrogen-bond donors (Lipinski definition) is 1. The quantitative estimate of drug-likeness (QED) is 0.804. The molecule has 0 bridgehead atoms. The minimum atomic E-state index is -0.354. The van der Waals surface area contributed by atoms with Gasteiger partial charge in [0.25, 0.3) is 5.91 Å². The molecule has 6 nitrogen and oxygen atoms in total. The molecule has 3 aromatic rings. The highest BCUT2D eigenvalue weighted by molar-refractivity contribution is 7.17. The Bertz CT molecular complexity index is 783. The number of rotatable bonds is 3. The molecule has 0 radical (unpaired) electrons. The van der Waals surface area contributed by atoms with E-state index in [0.29, 0.717) is 22.7 Å². The smallest absolute Gasteiger partial charge is 0.286 e. The van der Waals surface area contributed by atoms with Gasteiger partial charge in [0.05, 0.1) is 0 Å². The van der Waals surface area contributed by atoms with Crippen molar-refractivity contribution in [2.45, 2.75) is 13.3 Å². The van der Waals surface area contributed by atoms with Crippen LogP contribution in [-0.4, -0.2) is 21.1 Å². The molecule has 0 aliphatic rings. The lowest BCUT2D eigenvalue weighted by atomic mass is 10.3. The SMILES string of the molecule is CCc1nc2cc(NC(=O)c3nnc(Cl)s3)ccc2o1. The second-order valence-electron chi connectivity index (χ2n) is 3.96. The molecule has 0 saturated carbocycles. The molecular weight excluding hydrogens is 300 g/mol. The maximum absolute atomic E-state index is 11.9. The van der Waals surface area contributed by atoms with E-state index in [-0.39, 0.29) is 15.4 Å². The largest absolute Gasteiger partial charge is 0.441 e. The third-order valence-corrected chi connectivity index (χ3v) is 3.60. The van der Waals surface area contributed by atoms with Crippen molar-refractivity contribution < 1.29 is 9.21 Å². The Morgan fingerprint density at radius 1 is 1.45 bits per heavy atom. The Kier molecular flexibility index (Phi) is 3.37. The van der Waals surface area contributed by atoms with Gasteiger partial charge in [-0.1, -0.05) is 18.3 Å². The Labute approximate surface area is 122 Å². The molecule has 3 rings (SSSR count). The van der Waals surface area contributed by atoms with E-state index in [4.69, 9.17) is 16.0 Å². The first kappa shape index (κ1) is 13.0. The topological polar surface area (TPSA) is 80.9 Å². The number of amides is 1. The Balaban J connectivity index is 1.85. The minimum Gasteiger partial charge on any atom is -0.441 e. The molecule has 1 amide bonds. The first-order valence-corrected chi connectivity index (χ1v) is 7.05. The third kappa shape index (κ3) is 2.50. The van der Waals surface area contributed by atoms with Crippen molar-refractivity contribution in [3.8, 4) is 0 Å². The van der Waals surface area contributed by atoms with Crippen LogP contribution in [0.15, 0.2) is 22.6 Å². The molecule has 0 unspecified atom stereocenters. The molecule has 1 aromatic carbocycles. The second-order valence-corrected chi connectivity index (χ2v) is 5.52. The van der Waals surface area contributed by atoms with E-state index in [0.717, 1.165) is 17.8 Å². The first-order chi connectivity index (χ1) is 9.65. The highest BCUT2D eigenvalue weighted by atomic mass is 35.5. The van der Waals surface area contributed by atoms with Crippen molar-refractivity contribution in [2.75, 3.05) is 5.32 Å². The van der Waals surface area contributed by atoms with Crippen molar-refractivity contribution in [1.82, 2.24) is 15.2 Å². The highest BCUT2D eigenvalue weighted by Crippen LogP contribution is 2.21. The molecule has 0 atom stereocenters. The zero-order valence-corrected chi connectivity index (χ0v) is 12.0. The summed E-state index contributed by atoms with van der Waals surface area (Å²) >= 11 is 6.67. The summed E-state index contributed by atoms with van der Waals surface area (Å²) in [6.07, 6.45) is 0.722. The molecule has 1 N–H and O–H groups in total. The Morgan fingerprint density at radius 2 is 2.30 bits per heavy atom. The van der Waals surface area contributed by atoms with Crippen LogP contribution < -0.4 is 5.32 Å². The van der Waals surface area contributed by atoms with Crippen LogP contribution in [0, 0.1) is 0 Å². The number of halogens is 1. The van der Waals surface area contributed by atoms with Gasteiger partial charge in [-0.3, -0.25) is 4.79 Å². The number of nitrogens with one attached hydrogen (secondary N) is 1. The molecule has 8 heteroatoms. The van der Waals surface area contributed by atoms with Gasteiger partial charge < -0.3 is 9.73 Å². The molecule has 0 saturated heterocycles. The highest BCUT2D eigenvalue weighted by Gasteiger charge is 2.13. The molecular formula is C12H9ClN4O2S. The number of hydrogen-bond acceptors (Lipinski definition) is 6. The summed E-state index contributed by atoms with van der Waals surface area (Å²) < 4.78 is 5.73. The fraction of sp³-hybridized carbons (Fsp3) is 0.167. The van der Waals surface area contributed by atoms with Crippen LogP contribution in [0.4, 0.5) is 5.69 Å². The third-order valence-electron chi connectivity index (χ3n) is 2.59. The number of oxazole rings is 1. The van der Waals surface area contributed by atoms with E-state index < -0.39 is 0 Å². The number of carbonyl (C=O) groups excluding carboxylic acids is 1. The fourth-order valence-corrected chi connectivity index (χ4v) is 2.41. The van der Waals surface area contributed by atoms with Crippen molar-refractivity contribution in [3.05, 3.63) is 33.6 Å². The summed E-state index contributed by atoms with van der Waals surface area (Å²) in [5.74, 6) is 0.312. The molecule has 0 spiro atoms. The molecule has 2 heterocycles. The van der Waals surface area contributed by atoms with Gasteiger partial charge in [0, 0.05) is 12.1 Å². The predicted octanol–water partition coefficient (Wildman–Crippen LogP) is 3.15. The zero-order valence-electron chi connectivity index (χ0n) is 10.4. The average molecular weight is 309 g/mol. The first-order valence-electron chi connectivity index (χ1n) is 5.85. The summed E-state index contributed by atoms with van der Waals surface area (Å²) in [7, 11) is 0. The molecule has 0 aliphatic carbocycles.